The van der Waals surface area contributed by atoms with Gasteiger partial charge >= 0.3 is 0 Å². The molecular weight excluding hydrogens is 292 g/mol. The average Bonchev–Trinajstić information content (AvgIpc) is 2.48. The van der Waals surface area contributed by atoms with Crippen LogP contribution in [0.2, 0.25) is 0 Å². The summed E-state index contributed by atoms with van der Waals surface area (Å²) in [7, 11) is 0. The number of aryl methyl sites for hydroxylation is 1. The Morgan fingerprint density at radius 2 is 1.74 bits per heavy atom. The zero-order valence-electron chi connectivity index (χ0n) is 14.2. The summed E-state index contributed by atoms with van der Waals surface area (Å²) < 4.78 is 5.27. The van der Waals surface area contributed by atoms with Crippen molar-refractivity contribution in [1.29, 1.82) is 0 Å². The number of rotatable bonds is 5. The lowest BCUT2D eigenvalue weighted by Crippen LogP contribution is -2.44. The second-order valence-electron chi connectivity index (χ2n) is 6.65. The van der Waals surface area contributed by atoms with Crippen LogP contribution in [0.5, 0.6) is 0 Å². The predicted octanol–water partition coefficient (Wildman–Crippen LogP) is 2.45. The molecule has 1 aromatic rings. The number of anilines is 1. The van der Waals surface area contributed by atoms with Crippen molar-refractivity contribution in [2.24, 2.45) is 11.8 Å². The molecule has 5 heteroatoms. The van der Waals surface area contributed by atoms with Gasteiger partial charge in [-0.15, -0.1) is 0 Å². The van der Waals surface area contributed by atoms with Crippen molar-refractivity contribution in [1.82, 2.24) is 4.90 Å². The van der Waals surface area contributed by atoms with Gasteiger partial charge in [-0.1, -0.05) is 31.5 Å². The highest BCUT2D eigenvalue weighted by atomic mass is 16.5. The molecule has 0 saturated carbocycles. The topological polar surface area (TPSA) is 58.6 Å². The van der Waals surface area contributed by atoms with Gasteiger partial charge in [-0.25, -0.2) is 0 Å². The number of nitrogens with one attached hydrogen (secondary N) is 1. The van der Waals surface area contributed by atoms with E-state index >= 15 is 0 Å². The molecule has 5 nitrogen and oxygen atoms in total. The number of hydrogen-bond donors (Lipinski definition) is 1. The number of hydrogen-bond acceptors (Lipinski definition) is 3. The molecule has 0 aliphatic carbocycles. The summed E-state index contributed by atoms with van der Waals surface area (Å²) in [5.41, 5.74) is 1.86. The van der Waals surface area contributed by atoms with E-state index in [-0.39, 0.29) is 25.0 Å². The first-order valence-electron chi connectivity index (χ1n) is 8.16. The van der Waals surface area contributed by atoms with Crippen molar-refractivity contribution in [3.63, 3.8) is 0 Å². The minimum Gasteiger partial charge on any atom is -0.362 e. The number of carbonyl (C=O) groups is 2. The van der Waals surface area contributed by atoms with E-state index in [9.17, 15) is 9.59 Å². The van der Waals surface area contributed by atoms with Crippen LogP contribution in [0.4, 0.5) is 5.69 Å². The summed E-state index contributed by atoms with van der Waals surface area (Å²) in [6.07, 6.45) is 1.16. The van der Waals surface area contributed by atoms with E-state index in [0.29, 0.717) is 11.8 Å². The summed E-state index contributed by atoms with van der Waals surface area (Å²) in [6, 6.07) is 7.54. The molecule has 0 bridgehead atoms. The molecule has 2 atom stereocenters. The van der Waals surface area contributed by atoms with E-state index in [1.54, 1.807) is 0 Å². The summed E-state index contributed by atoms with van der Waals surface area (Å²) in [5.74, 6) is 0.758. The second kappa shape index (κ2) is 8.11. The highest BCUT2D eigenvalue weighted by molar-refractivity contribution is 5.91. The van der Waals surface area contributed by atoms with Gasteiger partial charge in [0.15, 0.2) is 0 Å². The van der Waals surface area contributed by atoms with Crippen molar-refractivity contribution >= 4 is 17.5 Å². The lowest BCUT2D eigenvalue weighted by molar-refractivity contribution is -0.140. The van der Waals surface area contributed by atoms with Gasteiger partial charge in [-0.05, 0) is 37.3 Å². The smallest absolute Gasteiger partial charge is 0.250 e. The van der Waals surface area contributed by atoms with Gasteiger partial charge in [-0.3, -0.25) is 9.59 Å². The van der Waals surface area contributed by atoms with E-state index in [2.05, 4.69) is 19.2 Å². The summed E-state index contributed by atoms with van der Waals surface area (Å²) in [5, 5.41) is 2.75. The molecular formula is C18H26N2O3. The molecule has 1 fully saturated rings. The van der Waals surface area contributed by atoms with Crippen LogP contribution in [0, 0.1) is 18.8 Å². The molecule has 1 aliphatic rings. The molecule has 1 aromatic carbocycles. The molecule has 2 rings (SSSR count). The number of benzene rings is 1. The Morgan fingerprint density at radius 1 is 1.13 bits per heavy atom. The monoisotopic (exact) mass is 318 g/mol. The normalized spacial score (nSPS) is 21.1. The first-order valence-corrected chi connectivity index (χ1v) is 8.16. The maximum Gasteiger partial charge on any atom is 0.250 e. The summed E-state index contributed by atoms with van der Waals surface area (Å²) in [6.45, 7) is 7.71. The van der Waals surface area contributed by atoms with Crippen molar-refractivity contribution in [3.8, 4) is 0 Å². The van der Waals surface area contributed by atoms with Crippen LogP contribution in [0.3, 0.4) is 0 Å². The molecule has 1 N–H and O–H groups in total. The third-order valence-corrected chi connectivity index (χ3v) is 4.02. The Hall–Kier alpha value is -1.88. The zero-order valence-corrected chi connectivity index (χ0v) is 14.2. The quantitative estimate of drug-likeness (QED) is 0.907. The molecule has 0 spiro atoms. The van der Waals surface area contributed by atoms with Crippen molar-refractivity contribution in [3.05, 3.63) is 29.8 Å². The number of carbonyl (C=O) groups excluding carboxylic acids is 2. The van der Waals surface area contributed by atoms with Crippen LogP contribution in [0.15, 0.2) is 24.3 Å². The van der Waals surface area contributed by atoms with Crippen LogP contribution in [-0.4, -0.2) is 43.0 Å². The maximum atomic E-state index is 12.1. The Kier molecular flexibility index (Phi) is 6.16. The fourth-order valence-corrected chi connectivity index (χ4v) is 3.02. The fraction of sp³-hybridized carbons (Fsp3) is 0.556. The van der Waals surface area contributed by atoms with E-state index in [1.807, 2.05) is 36.1 Å². The van der Waals surface area contributed by atoms with Crippen LogP contribution in [-0.2, 0) is 14.3 Å². The van der Waals surface area contributed by atoms with E-state index in [0.717, 1.165) is 30.8 Å². The molecule has 1 aliphatic heterocycles. The lowest BCUT2D eigenvalue weighted by Gasteiger charge is -2.34. The maximum absolute atomic E-state index is 12.1. The van der Waals surface area contributed by atoms with Gasteiger partial charge in [0.05, 0.1) is 0 Å². The first-order chi connectivity index (χ1) is 10.9. The number of nitrogens with zero attached hydrogens (tertiary/aromatic N) is 1. The zero-order chi connectivity index (χ0) is 16.8. The number of amides is 2. The Morgan fingerprint density at radius 3 is 2.35 bits per heavy atom. The standard InChI is InChI=1S/C18H26N2O3/c1-13-4-6-16(7-5-13)19-17(21)11-23-12-18(22)20-9-14(2)8-15(3)10-20/h4-7,14-15H,8-12H2,1-3H3,(H,19,21). The molecule has 23 heavy (non-hydrogen) atoms. The SMILES string of the molecule is Cc1ccc(NC(=O)COCC(=O)N2CC(C)CC(C)C2)cc1. The van der Waals surface area contributed by atoms with Gasteiger partial charge in [-0.2, -0.15) is 0 Å². The molecule has 0 aromatic heterocycles. The molecule has 1 saturated heterocycles. The van der Waals surface area contributed by atoms with Crippen molar-refractivity contribution in [2.45, 2.75) is 27.2 Å². The Balaban J connectivity index is 1.70. The van der Waals surface area contributed by atoms with Gasteiger partial charge in [0.2, 0.25) is 11.8 Å². The van der Waals surface area contributed by atoms with Crippen LogP contribution in [0.25, 0.3) is 0 Å². The minimum absolute atomic E-state index is 0.0356. The molecule has 1 heterocycles. The van der Waals surface area contributed by atoms with Gasteiger partial charge < -0.3 is 15.0 Å². The fourth-order valence-electron chi connectivity index (χ4n) is 3.02. The lowest BCUT2D eigenvalue weighted by atomic mass is 9.92. The minimum atomic E-state index is -0.248. The summed E-state index contributed by atoms with van der Waals surface area (Å²) >= 11 is 0. The van der Waals surface area contributed by atoms with Crippen molar-refractivity contribution in [2.75, 3.05) is 31.6 Å². The van der Waals surface area contributed by atoms with Crippen LogP contribution < -0.4 is 5.32 Å². The third kappa shape index (κ3) is 5.67. The van der Waals surface area contributed by atoms with Crippen molar-refractivity contribution < 1.29 is 14.3 Å². The highest BCUT2D eigenvalue weighted by Gasteiger charge is 2.25. The van der Waals surface area contributed by atoms with Crippen LogP contribution >= 0.6 is 0 Å². The highest BCUT2D eigenvalue weighted by Crippen LogP contribution is 2.20. The number of likely N-dealkylation sites (tertiary alicyclic amines) is 1. The van der Waals surface area contributed by atoms with Gasteiger partial charge in [0.25, 0.3) is 0 Å². The van der Waals surface area contributed by atoms with Gasteiger partial charge in [0, 0.05) is 18.8 Å². The Labute approximate surface area is 138 Å². The molecule has 126 valence electrons. The second-order valence-corrected chi connectivity index (χ2v) is 6.65. The first kappa shape index (κ1) is 17.5. The van der Waals surface area contributed by atoms with E-state index < -0.39 is 0 Å². The van der Waals surface area contributed by atoms with Gasteiger partial charge in [0.1, 0.15) is 13.2 Å². The largest absolute Gasteiger partial charge is 0.362 e. The molecule has 2 unspecified atom stereocenters. The Bertz CT molecular complexity index is 532. The number of piperidine rings is 1. The van der Waals surface area contributed by atoms with E-state index in [1.165, 1.54) is 0 Å². The third-order valence-electron chi connectivity index (χ3n) is 4.02. The van der Waals surface area contributed by atoms with E-state index in [4.69, 9.17) is 4.74 Å². The summed E-state index contributed by atoms with van der Waals surface area (Å²) in [4.78, 5) is 25.8. The molecule has 0 radical (unpaired) electrons. The average molecular weight is 318 g/mol. The number of ether oxygens (including phenoxy) is 1. The predicted molar refractivity (Wildman–Crippen MR) is 90.2 cm³/mol. The van der Waals surface area contributed by atoms with Crippen LogP contribution in [0.1, 0.15) is 25.8 Å². The molecule has 2 amide bonds.